The first-order valence-electron chi connectivity index (χ1n) is 6.65. The van der Waals surface area contributed by atoms with E-state index in [1.807, 2.05) is 0 Å². The molecule has 2 heterocycles. The van der Waals surface area contributed by atoms with Gasteiger partial charge in [-0.15, -0.1) is 0 Å². The summed E-state index contributed by atoms with van der Waals surface area (Å²) in [7, 11) is 4.24. The molecule has 1 unspecified atom stereocenters. The van der Waals surface area contributed by atoms with E-state index in [1.165, 1.54) is 24.1 Å². The van der Waals surface area contributed by atoms with Crippen molar-refractivity contribution < 1.29 is 4.42 Å². The Morgan fingerprint density at radius 3 is 3.05 bits per heavy atom. The summed E-state index contributed by atoms with van der Waals surface area (Å²) in [6.07, 6.45) is 4.35. The fraction of sp³-hybridized carbons (Fsp3) is 0.400. The largest absolute Gasteiger partial charge is 0.451 e. The third-order valence-electron chi connectivity index (χ3n) is 3.68. The third kappa shape index (κ3) is 2.49. The molecule has 4 heteroatoms. The van der Waals surface area contributed by atoms with Gasteiger partial charge in [0.1, 0.15) is 12.0 Å². The Morgan fingerprint density at radius 1 is 1.42 bits per heavy atom. The number of nitrogens with zero attached hydrogens (tertiary/aromatic N) is 2. The van der Waals surface area contributed by atoms with E-state index in [9.17, 15) is 0 Å². The van der Waals surface area contributed by atoms with Crippen LogP contribution < -0.4 is 5.32 Å². The topological polar surface area (TPSA) is 41.3 Å². The van der Waals surface area contributed by atoms with Crippen molar-refractivity contribution >= 4 is 5.69 Å². The van der Waals surface area contributed by atoms with E-state index >= 15 is 0 Å². The van der Waals surface area contributed by atoms with Crippen molar-refractivity contribution in [2.45, 2.75) is 12.3 Å². The highest BCUT2D eigenvalue weighted by Gasteiger charge is 2.22. The quantitative estimate of drug-likeness (QED) is 0.914. The van der Waals surface area contributed by atoms with E-state index in [1.54, 1.807) is 6.26 Å². The molecule has 3 rings (SSSR count). The van der Waals surface area contributed by atoms with Gasteiger partial charge in [-0.05, 0) is 44.8 Å². The maximum absolute atomic E-state index is 5.06. The summed E-state index contributed by atoms with van der Waals surface area (Å²) in [5.74, 6) is 0.587. The van der Waals surface area contributed by atoms with Gasteiger partial charge in [0.2, 0.25) is 0 Å². The van der Waals surface area contributed by atoms with Crippen LogP contribution in [0.2, 0.25) is 0 Å². The van der Waals surface area contributed by atoms with E-state index in [-0.39, 0.29) is 0 Å². The molecule has 19 heavy (non-hydrogen) atoms. The maximum Gasteiger partial charge on any atom is 0.181 e. The summed E-state index contributed by atoms with van der Waals surface area (Å²) in [6, 6.07) is 6.49. The number of benzene rings is 1. The number of anilines is 1. The molecule has 1 N–H and O–H groups in total. The number of aromatic nitrogens is 1. The number of rotatable bonds is 4. The highest BCUT2D eigenvalue weighted by molar-refractivity contribution is 5.68. The lowest BCUT2D eigenvalue weighted by atomic mass is 9.95. The van der Waals surface area contributed by atoms with Crippen LogP contribution in [0.15, 0.2) is 35.3 Å². The SMILES string of the molecule is CN(C)CCC1CNc2ccc(-c3cocn3)cc21. The summed E-state index contributed by atoms with van der Waals surface area (Å²) in [6.45, 7) is 2.14. The average Bonchev–Trinajstić information content (AvgIpc) is 3.05. The first-order chi connectivity index (χ1) is 9.24. The van der Waals surface area contributed by atoms with Crippen molar-refractivity contribution in [2.75, 3.05) is 32.5 Å². The van der Waals surface area contributed by atoms with Crippen molar-refractivity contribution in [3.05, 3.63) is 36.4 Å². The van der Waals surface area contributed by atoms with Crippen LogP contribution in [-0.4, -0.2) is 37.1 Å². The molecular formula is C15H19N3O. The van der Waals surface area contributed by atoms with Crippen LogP contribution in [0, 0.1) is 0 Å². The number of fused-ring (bicyclic) bond motifs is 1. The first kappa shape index (κ1) is 12.2. The summed E-state index contributed by atoms with van der Waals surface area (Å²) < 4.78 is 5.06. The van der Waals surface area contributed by atoms with Gasteiger partial charge in [-0.1, -0.05) is 6.07 Å². The second-order valence-corrected chi connectivity index (χ2v) is 5.35. The van der Waals surface area contributed by atoms with Gasteiger partial charge in [0.15, 0.2) is 6.39 Å². The summed E-state index contributed by atoms with van der Waals surface area (Å²) >= 11 is 0. The van der Waals surface area contributed by atoms with Gasteiger partial charge in [0.25, 0.3) is 0 Å². The van der Waals surface area contributed by atoms with E-state index < -0.39 is 0 Å². The molecule has 100 valence electrons. The Kier molecular flexibility index (Phi) is 3.25. The molecule has 0 saturated carbocycles. The van der Waals surface area contributed by atoms with Crippen LogP contribution in [0.3, 0.4) is 0 Å². The molecule has 0 saturated heterocycles. The third-order valence-corrected chi connectivity index (χ3v) is 3.68. The number of hydrogen-bond acceptors (Lipinski definition) is 4. The van der Waals surface area contributed by atoms with Gasteiger partial charge in [-0.2, -0.15) is 0 Å². The molecule has 0 aliphatic carbocycles. The van der Waals surface area contributed by atoms with Gasteiger partial charge in [-0.25, -0.2) is 4.98 Å². The van der Waals surface area contributed by atoms with Gasteiger partial charge in [0.05, 0.1) is 0 Å². The molecule has 0 amide bonds. The van der Waals surface area contributed by atoms with E-state index in [0.29, 0.717) is 5.92 Å². The number of oxazole rings is 1. The van der Waals surface area contributed by atoms with Gasteiger partial charge < -0.3 is 14.6 Å². The zero-order chi connectivity index (χ0) is 13.2. The second kappa shape index (κ2) is 5.05. The van der Waals surface area contributed by atoms with Crippen LogP contribution in [0.1, 0.15) is 17.9 Å². The molecule has 1 aromatic carbocycles. The molecular weight excluding hydrogens is 238 g/mol. The predicted octanol–water partition coefficient (Wildman–Crippen LogP) is 2.80. The normalized spacial score (nSPS) is 17.5. The molecule has 1 aromatic heterocycles. The Hall–Kier alpha value is -1.81. The first-order valence-corrected chi connectivity index (χ1v) is 6.65. The van der Waals surface area contributed by atoms with Crippen LogP contribution in [0.25, 0.3) is 11.3 Å². The lowest BCUT2D eigenvalue weighted by Gasteiger charge is -2.14. The van der Waals surface area contributed by atoms with E-state index in [2.05, 4.69) is 47.5 Å². The smallest absolute Gasteiger partial charge is 0.181 e. The average molecular weight is 257 g/mol. The molecule has 0 bridgehead atoms. The predicted molar refractivity (Wildman–Crippen MR) is 76.3 cm³/mol. The van der Waals surface area contributed by atoms with Gasteiger partial charge >= 0.3 is 0 Å². The lowest BCUT2D eigenvalue weighted by molar-refractivity contribution is 0.386. The Morgan fingerprint density at radius 2 is 2.32 bits per heavy atom. The second-order valence-electron chi connectivity index (χ2n) is 5.35. The molecule has 1 aliphatic heterocycles. The van der Waals surface area contributed by atoms with Crippen LogP contribution in [0.4, 0.5) is 5.69 Å². The highest BCUT2D eigenvalue weighted by Crippen LogP contribution is 2.36. The molecule has 1 aliphatic rings. The van der Waals surface area contributed by atoms with Crippen LogP contribution in [-0.2, 0) is 0 Å². The van der Waals surface area contributed by atoms with Gasteiger partial charge in [0, 0.05) is 23.7 Å². The monoisotopic (exact) mass is 257 g/mol. The zero-order valence-electron chi connectivity index (χ0n) is 11.4. The highest BCUT2D eigenvalue weighted by atomic mass is 16.3. The minimum atomic E-state index is 0.587. The van der Waals surface area contributed by atoms with Gasteiger partial charge in [-0.3, -0.25) is 0 Å². The standard InChI is InChI=1S/C15H19N3O/c1-18(2)6-5-12-8-16-14-4-3-11(7-13(12)14)15-9-19-10-17-15/h3-4,7,9-10,12,16H,5-6,8H2,1-2H3. The summed E-state index contributed by atoms with van der Waals surface area (Å²) in [5.41, 5.74) is 4.70. The Labute approximate surface area is 113 Å². The zero-order valence-corrected chi connectivity index (χ0v) is 11.4. The minimum absolute atomic E-state index is 0.587. The van der Waals surface area contributed by atoms with Crippen molar-refractivity contribution in [3.8, 4) is 11.3 Å². The minimum Gasteiger partial charge on any atom is -0.451 e. The Bertz CT molecular complexity index is 549. The van der Waals surface area contributed by atoms with Crippen molar-refractivity contribution in [1.29, 1.82) is 0 Å². The molecule has 1 atom stereocenters. The van der Waals surface area contributed by atoms with Crippen LogP contribution >= 0.6 is 0 Å². The van der Waals surface area contributed by atoms with Crippen molar-refractivity contribution in [3.63, 3.8) is 0 Å². The van der Waals surface area contributed by atoms with E-state index in [4.69, 9.17) is 4.42 Å². The fourth-order valence-corrected chi connectivity index (χ4v) is 2.59. The van der Waals surface area contributed by atoms with E-state index in [0.717, 1.165) is 24.3 Å². The molecule has 0 fully saturated rings. The fourth-order valence-electron chi connectivity index (χ4n) is 2.59. The summed E-state index contributed by atoms with van der Waals surface area (Å²) in [5, 5.41) is 3.48. The summed E-state index contributed by atoms with van der Waals surface area (Å²) in [4.78, 5) is 6.45. The molecule has 0 spiro atoms. The lowest BCUT2D eigenvalue weighted by Crippen LogP contribution is -2.16. The Balaban J connectivity index is 1.85. The molecule has 2 aromatic rings. The molecule has 4 nitrogen and oxygen atoms in total. The van der Waals surface area contributed by atoms with Crippen molar-refractivity contribution in [1.82, 2.24) is 9.88 Å². The van der Waals surface area contributed by atoms with Crippen LogP contribution in [0.5, 0.6) is 0 Å². The number of hydrogen-bond donors (Lipinski definition) is 1. The number of nitrogens with one attached hydrogen (secondary N) is 1. The molecule has 0 radical (unpaired) electrons. The maximum atomic E-state index is 5.06. The van der Waals surface area contributed by atoms with Crippen molar-refractivity contribution in [2.24, 2.45) is 0 Å².